The van der Waals surface area contributed by atoms with Crippen LogP contribution in [0.4, 0.5) is 0 Å². The molecule has 5 nitrogen and oxygen atoms in total. The lowest BCUT2D eigenvalue weighted by Gasteiger charge is -1.99. The molecule has 3 heterocycles. The predicted molar refractivity (Wildman–Crippen MR) is 79.7 cm³/mol. The number of esters is 1. The van der Waals surface area contributed by atoms with E-state index in [2.05, 4.69) is 5.16 Å². The van der Waals surface area contributed by atoms with Crippen molar-refractivity contribution >= 4 is 17.3 Å². The molecule has 0 aromatic carbocycles. The lowest BCUT2D eigenvalue weighted by Crippen LogP contribution is -2.03. The molecule has 0 N–H and O–H groups in total. The Hall–Kier alpha value is -2.34. The second-order valence-corrected chi connectivity index (χ2v) is 6.29. The maximum Gasteiger partial charge on any atom is 0.348 e. The van der Waals surface area contributed by atoms with E-state index in [0.717, 1.165) is 12.8 Å². The van der Waals surface area contributed by atoms with Gasteiger partial charge in [-0.3, -0.25) is 0 Å². The third-order valence-electron chi connectivity index (χ3n) is 3.62. The van der Waals surface area contributed by atoms with Crippen LogP contribution in [0, 0.1) is 0 Å². The average Bonchev–Trinajstić information content (AvgIpc) is 3.26. The fourth-order valence-corrected chi connectivity index (χ4v) is 3.70. The molecule has 1 aliphatic rings. The van der Waals surface area contributed by atoms with Crippen LogP contribution in [0.5, 0.6) is 0 Å². The van der Waals surface area contributed by atoms with E-state index in [1.807, 2.05) is 6.07 Å². The number of ether oxygens (including phenoxy) is 1. The van der Waals surface area contributed by atoms with Gasteiger partial charge in [0.25, 0.3) is 0 Å². The molecule has 0 fully saturated rings. The van der Waals surface area contributed by atoms with Crippen molar-refractivity contribution in [2.24, 2.45) is 0 Å². The predicted octanol–water partition coefficient (Wildman–Crippen LogP) is 3.84. The fraction of sp³-hybridized carbons (Fsp3) is 0.250. The zero-order valence-corrected chi connectivity index (χ0v) is 12.5. The van der Waals surface area contributed by atoms with Gasteiger partial charge in [-0.1, -0.05) is 5.16 Å². The summed E-state index contributed by atoms with van der Waals surface area (Å²) in [6.07, 6.45) is 4.89. The van der Waals surface area contributed by atoms with Crippen LogP contribution in [0.15, 0.2) is 39.5 Å². The van der Waals surface area contributed by atoms with Crippen molar-refractivity contribution in [3.05, 3.63) is 51.5 Å². The van der Waals surface area contributed by atoms with Crippen LogP contribution in [-0.4, -0.2) is 11.1 Å². The molecule has 6 heteroatoms. The molecule has 0 saturated heterocycles. The number of carbonyl (C=O) groups excluding carboxylic acids is 1. The molecule has 0 aliphatic heterocycles. The van der Waals surface area contributed by atoms with Gasteiger partial charge in [0, 0.05) is 10.9 Å². The normalized spacial score (nSPS) is 13.3. The number of nitrogens with zero attached hydrogens (tertiary/aromatic N) is 1. The van der Waals surface area contributed by atoms with Gasteiger partial charge in [0.05, 0.1) is 6.26 Å². The molecule has 0 saturated carbocycles. The molecular weight excluding hydrogens is 302 g/mol. The van der Waals surface area contributed by atoms with Crippen LogP contribution in [-0.2, 0) is 24.2 Å². The number of rotatable bonds is 4. The molecule has 0 unspecified atom stereocenters. The van der Waals surface area contributed by atoms with E-state index in [-0.39, 0.29) is 12.6 Å². The molecule has 112 valence electrons. The summed E-state index contributed by atoms with van der Waals surface area (Å²) in [7, 11) is 0. The van der Waals surface area contributed by atoms with Gasteiger partial charge in [-0.2, -0.15) is 0 Å². The summed E-state index contributed by atoms with van der Waals surface area (Å²) < 4.78 is 15.7. The second kappa shape index (κ2) is 5.46. The molecular formula is C16H13NO4S. The highest BCUT2D eigenvalue weighted by atomic mass is 32.1. The molecule has 0 spiro atoms. The Morgan fingerprint density at radius 1 is 1.32 bits per heavy atom. The summed E-state index contributed by atoms with van der Waals surface area (Å²) in [4.78, 5) is 14.0. The maximum absolute atomic E-state index is 12.1. The van der Waals surface area contributed by atoms with Gasteiger partial charge in [-0.05, 0) is 43.0 Å². The van der Waals surface area contributed by atoms with Crippen molar-refractivity contribution < 1.29 is 18.5 Å². The van der Waals surface area contributed by atoms with E-state index >= 15 is 0 Å². The summed E-state index contributed by atoms with van der Waals surface area (Å²) >= 11 is 1.54. The number of aryl methyl sites for hydroxylation is 2. The summed E-state index contributed by atoms with van der Waals surface area (Å²) in [5.41, 5.74) is 1.85. The van der Waals surface area contributed by atoms with Crippen molar-refractivity contribution in [3.8, 4) is 11.5 Å². The van der Waals surface area contributed by atoms with E-state index in [0.29, 0.717) is 22.1 Å². The summed E-state index contributed by atoms with van der Waals surface area (Å²) in [5.74, 6) is 0.813. The fourth-order valence-electron chi connectivity index (χ4n) is 2.55. The van der Waals surface area contributed by atoms with Gasteiger partial charge in [-0.15, -0.1) is 11.3 Å². The Balaban J connectivity index is 1.40. The third-order valence-corrected chi connectivity index (χ3v) is 4.84. The molecule has 3 aromatic rings. The van der Waals surface area contributed by atoms with Crippen LogP contribution in [0.25, 0.3) is 11.5 Å². The van der Waals surface area contributed by atoms with Crippen LogP contribution >= 0.6 is 11.3 Å². The Labute approximate surface area is 130 Å². The summed E-state index contributed by atoms with van der Waals surface area (Å²) in [6, 6.07) is 7.21. The lowest BCUT2D eigenvalue weighted by atomic mass is 10.2. The molecule has 0 atom stereocenters. The first-order valence-electron chi connectivity index (χ1n) is 7.08. The average molecular weight is 315 g/mol. The van der Waals surface area contributed by atoms with E-state index in [1.54, 1.807) is 24.5 Å². The minimum Gasteiger partial charge on any atom is -0.461 e. The van der Waals surface area contributed by atoms with Gasteiger partial charge >= 0.3 is 5.97 Å². The molecule has 4 rings (SSSR count). The summed E-state index contributed by atoms with van der Waals surface area (Å²) in [6.45, 7) is 0.0889. The Bertz CT molecular complexity index is 779. The van der Waals surface area contributed by atoms with E-state index in [9.17, 15) is 4.79 Å². The summed E-state index contributed by atoms with van der Waals surface area (Å²) in [5, 5.41) is 3.88. The number of aromatic nitrogens is 1. The Kier molecular flexibility index (Phi) is 3.31. The molecule has 3 aromatic heterocycles. The van der Waals surface area contributed by atoms with Crippen molar-refractivity contribution in [2.75, 3.05) is 0 Å². The van der Waals surface area contributed by atoms with E-state index < -0.39 is 0 Å². The highest BCUT2D eigenvalue weighted by molar-refractivity contribution is 7.14. The minimum absolute atomic E-state index is 0.0889. The van der Waals surface area contributed by atoms with Crippen LogP contribution in [0.1, 0.15) is 32.2 Å². The van der Waals surface area contributed by atoms with Crippen LogP contribution < -0.4 is 0 Å². The maximum atomic E-state index is 12.1. The topological polar surface area (TPSA) is 65.5 Å². The van der Waals surface area contributed by atoms with Gasteiger partial charge in [-0.25, -0.2) is 4.79 Å². The first-order chi connectivity index (χ1) is 10.8. The molecule has 0 bridgehead atoms. The first-order valence-corrected chi connectivity index (χ1v) is 7.89. The zero-order chi connectivity index (χ0) is 14.9. The highest BCUT2D eigenvalue weighted by Gasteiger charge is 2.19. The largest absolute Gasteiger partial charge is 0.461 e. The van der Waals surface area contributed by atoms with Crippen molar-refractivity contribution in [2.45, 2.75) is 25.9 Å². The van der Waals surface area contributed by atoms with Gasteiger partial charge in [0.1, 0.15) is 17.2 Å². The monoisotopic (exact) mass is 315 g/mol. The van der Waals surface area contributed by atoms with Gasteiger partial charge < -0.3 is 13.7 Å². The second-order valence-electron chi connectivity index (χ2n) is 5.15. The van der Waals surface area contributed by atoms with E-state index in [1.165, 1.54) is 28.2 Å². The molecule has 0 amide bonds. The smallest absolute Gasteiger partial charge is 0.348 e. The van der Waals surface area contributed by atoms with Crippen molar-refractivity contribution in [3.63, 3.8) is 0 Å². The lowest BCUT2D eigenvalue weighted by molar-refractivity contribution is 0.0470. The minimum atomic E-state index is -0.304. The van der Waals surface area contributed by atoms with Crippen LogP contribution in [0.2, 0.25) is 0 Å². The van der Waals surface area contributed by atoms with Crippen molar-refractivity contribution in [1.29, 1.82) is 0 Å². The molecule has 22 heavy (non-hydrogen) atoms. The van der Waals surface area contributed by atoms with Crippen LogP contribution in [0.3, 0.4) is 0 Å². The number of fused-ring (bicyclic) bond motifs is 1. The molecule has 1 aliphatic carbocycles. The van der Waals surface area contributed by atoms with E-state index in [4.69, 9.17) is 13.7 Å². The number of furan rings is 1. The number of hydrogen-bond acceptors (Lipinski definition) is 6. The molecule has 0 radical (unpaired) electrons. The Morgan fingerprint density at radius 2 is 2.27 bits per heavy atom. The quantitative estimate of drug-likeness (QED) is 0.684. The first kappa shape index (κ1) is 13.3. The van der Waals surface area contributed by atoms with Gasteiger partial charge in [0.2, 0.25) is 5.76 Å². The number of hydrogen-bond donors (Lipinski definition) is 0. The zero-order valence-electron chi connectivity index (χ0n) is 11.7. The SMILES string of the molecule is O=C(OCc1cc(-c2ccco2)on1)c1cc2c(s1)CCC2. The van der Waals surface area contributed by atoms with Crippen molar-refractivity contribution in [1.82, 2.24) is 5.16 Å². The Morgan fingerprint density at radius 3 is 3.09 bits per heavy atom. The third kappa shape index (κ3) is 2.46. The number of carbonyl (C=O) groups is 1. The highest BCUT2D eigenvalue weighted by Crippen LogP contribution is 2.31. The standard InChI is InChI=1S/C16H13NO4S/c18-16(15-7-10-3-1-5-14(10)22-15)20-9-11-8-13(21-17-11)12-4-2-6-19-12/h2,4,6-8H,1,3,5,9H2. The van der Waals surface area contributed by atoms with Gasteiger partial charge in [0.15, 0.2) is 5.76 Å². The number of thiophene rings is 1.